The number of hydrogen-bond donors (Lipinski definition) is 1. The normalized spacial score (nSPS) is 10.5. The lowest BCUT2D eigenvalue weighted by Gasteiger charge is -1.95. The summed E-state index contributed by atoms with van der Waals surface area (Å²) in [5, 5.41) is 15.9. The Bertz CT molecular complexity index is 450. The molecule has 2 heterocycles. The Hall–Kier alpha value is -1.98. The summed E-state index contributed by atoms with van der Waals surface area (Å²) in [6, 6.07) is 1.60. The number of hydrogen-bond acceptors (Lipinski definition) is 4. The third-order valence-corrected chi connectivity index (χ3v) is 1.58. The molecule has 0 radical (unpaired) electrons. The van der Waals surface area contributed by atoms with E-state index in [-0.39, 0.29) is 6.42 Å². The minimum atomic E-state index is -0.906. The van der Waals surface area contributed by atoms with Gasteiger partial charge in [-0.1, -0.05) is 0 Å². The van der Waals surface area contributed by atoms with Gasteiger partial charge in [0.1, 0.15) is 12.7 Å². The number of aromatic nitrogens is 4. The fourth-order valence-electron chi connectivity index (χ4n) is 1.02. The molecule has 0 atom stereocenters. The fourth-order valence-corrected chi connectivity index (χ4v) is 1.02. The van der Waals surface area contributed by atoms with Crippen LogP contribution >= 0.6 is 0 Å². The summed E-state index contributed by atoms with van der Waals surface area (Å²) < 4.78 is 1.62. The van der Waals surface area contributed by atoms with Crippen LogP contribution in [-0.4, -0.2) is 30.7 Å². The zero-order chi connectivity index (χ0) is 9.26. The molecule has 6 nitrogen and oxygen atoms in total. The maximum Gasteiger partial charge on any atom is 0.309 e. The van der Waals surface area contributed by atoms with Crippen molar-refractivity contribution in [2.45, 2.75) is 6.42 Å². The Morgan fingerprint density at radius 1 is 1.54 bits per heavy atom. The minimum absolute atomic E-state index is 0.0939. The van der Waals surface area contributed by atoms with Gasteiger partial charge in [0.15, 0.2) is 5.65 Å². The number of carbonyl (C=O) groups is 1. The van der Waals surface area contributed by atoms with E-state index in [1.54, 1.807) is 10.5 Å². The van der Waals surface area contributed by atoms with E-state index < -0.39 is 5.97 Å². The van der Waals surface area contributed by atoms with Crippen molar-refractivity contribution in [3.05, 3.63) is 24.4 Å². The molecule has 0 aromatic carbocycles. The number of fused-ring (bicyclic) bond motifs is 1. The Kier molecular flexibility index (Phi) is 1.66. The topological polar surface area (TPSA) is 80.4 Å². The number of carboxylic acid groups (broad SMARTS) is 1. The molecule has 2 aromatic heterocycles. The molecule has 0 spiro atoms. The second-order valence-electron chi connectivity index (χ2n) is 2.55. The summed E-state index contributed by atoms with van der Waals surface area (Å²) in [5.74, 6) is -0.906. The van der Waals surface area contributed by atoms with Crippen molar-refractivity contribution in [3.63, 3.8) is 0 Å². The van der Waals surface area contributed by atoms with Crippen LogP contribution in [0.5, 0.6) is 0 Å². The zero-order valence-electron chi connectivity index (χ0n) is 6.58. The van der Waals surface area contributed by atoms with Gasteiger partial charge >= 0.3 is 5.97 Å². The maximum atomic E-state index is 10.4. The molecule has 0 aliphatic rings. The van der Waals surface area contributed by atoms with Gasteiger partial charge in [-0.05, 0) is 0 Å². The van der Waals surface area contributed by atoms with Crippen molar-refractivity contribution in [1.29, 1.82) is 0 Å². The van der Waals surface area contributed by atoms with Crippen molar-refractivity contribution < 1.29 is 9.90 Å². The molecule has 2 aromatic rings. The standard InChI is InChI=1S/C7H6N4O2/c12-7(13)2-5-1-6-10-9-4-11(6)3-8-5/h1,3-4H,2H2,(H,12,13). The predicted octanol–water partition coefficient (Wildman–Crippen LogP) is -0.249. The fraction of sp³-hybridized carbons (Fsp3) is 0.143. The predicted molar refractivity (Wildman–Crippen MR) is 42.1 cm³/mol. The lowest BCUT2D eigenvalue weighted by molar-refractivity contribution is -0.136. The highest BCUT2D eigenvalue weighted by Gasteiger charge is 2.03. The van der Waals surface area contributed by atoms with Gasteiger partial charge in [0.05, 0.1) is 12.1 Å². The molecule has 0 unspecified atom stereocenters. The highest BCUT2D eigenvalue weighted by molar-refractivity contribution is 5.69. The highest BCUT2D eigenvalue weighted by Crippen LogP contribution is 2.00. The van der Waals surface area contributed by atoms with Gasteiger partial charge in [0.25, 0.3) is 0 Å². The van der Waals surface area contributed by atoms with Gasteiger partial charge in [-0.15, -0.1) is 10.2 Å². The molecule has 0 fully saturated rings. The first-order valence-corrected chi connectivity index (χ1v) is 3.62. The van der Waals surface area contributed by atoms with Gasteiger partial charge in [0.2, 0.25) is 0 Å². The number of nitrogens with zero attached hydrogens (tertiary/aromatic N) is 4. The average Bonchev–Trinajstić information content (AvgIpc) is 2.49. The third-order valence-electron chi connectivity index (χ3n) is 1.58. The number of carboxylic acids is 1. The zero-order valence-corrected chi connectivity index (χ0v) is 6.58. The van der Waals surface area contributed by atoms with Crippen LogP contribution in [0.1, 0.15) is 5.69 Å². The Morgan fingerprint density at radius 2 is 2.38 bits per heavy atom. The average molecular weight is 178 g/mol. The van der Waals surface area contributed by atoms with Crippen LogP contribution in [0.25, 0.3) is 5.65 Å². The quantitative estimate of drug-likeness (QED) is 0.685. The summed E-state index contributed by atoms with van der Waals surface area (Å²) >= 11 is 0. The van der Waals surface area contributed by atoms with E-state index in [0.29, 0.717) is 11.3 Å². The van der Waals surface area contributed by atoms with E-state index in [2.05, 4.69) is 15.2 Å². The van der Waals surface area contributed by atoms with Crippen LogP contribution in [0, 0.1) is 0 Å². The van der Waals surface area contributed by atoms with E-state index in [1.807, 2.05) is 0 Å². The largest absolute Gasteiger partial charge is 0.481 e. The monoisotopic (exact) mass is 178 g/mol. The van der Waals surface area contributed by atoms with Crippen molar-refractivity contribution in [1.82, 2.24) is 19.6 Å². The van der Waals surface area contributed by atoms with Gasteiger partial charge in [0, 0.05) is 6.07 Å². The van der Waals surface area contributed by atoms with E-state index in [4.69, 9.17) is 5.11 Å². The van der Waals surface area contributed by atoms with E-state index in [1.165, 1.54) is 12.7 Å². The van der Waals surface area contributed by atoms with Gasteiger partial charge in [-0.3, -0.25) is 9.20 Å². The molecular formula is C7H6N4O2. The highest BCUT2D eigenvalue weighted by atomic mass is 16.4. The molecule has 0 saturated carbocycles. The number of rotatable bonds is 2. The molecule has 1 N–H and O–H groups in total. The third kappa shape index (κ3) is 1.46. The maximum absolute atomic E-state index is 10.4. The SMILES string of the molecule is O=C(O)Cc1cc2nncn2cn1. The van der Waals surface area contributed by atoms with Crippen LogP contribution < -0.4 is 0 Å². The first-order chi connectivity index (χ1) is 6.25. The summed E-state index contributed by atoms with van der Waals surface area (Å²) in [4.78, 5) is 14.3. The summed E-state index contributed by atoms with van der Waals surface area (Å²) in [5.41, 5.74) is 1.08. The molecule has 13 heavy (non-hydrogen) atoms. The molecule has 2 rings (SSSR count). The smallest absolute Gasteiger partial charge is 0.309 e. The molecular weight excluding hydrogens is 172 g/mol. The molecule has 66 valence electrons. The minimum Gasteiger partial charge on any atom is -0.481 e. The van der Waals surface area contributed by atoms with Crippen molar-refractivity contribution in [2.75, 3.05) is 0 Å². The van der Waals surface area contributed by atoms with Crippen LogP contribution in [0.3, 0.4) is 0 Å². The lowest BCUT2D eigenvalue weighted by Crippen LogP contribution is -2.03. The second kappa shape index (κ2) is 2.81. The van der Waals surface area contributed by atoms with Gasteiger partial charge in [-0.2, -0.15) is 0 Å². The molecule has 0 aliphatic carbocycles. The van der Waals surface area contributed by atoms with Crippen LogP contribution in [-0.2, 0) is 11.2 Å². The second-order valence-corrected chi connectivity index (χ2v) is 2.55. The Balaban J connectivity index is 2.42. The van der Waals surface area contributed by atoms with E-state index in [0.717, 1.165) is 0 Å². The van der Waals surface area contributed by atoms with Crippen LogP contribution in [0.15, 0.2) is 18.7 Å². The molecule has 6 heteroatoms. The Labute approximate surface area is 72.9 Å². The number of aliphatic carboxylic acids is 1. The molecule has 0 saturated heterocycles. The first-order valence-electron chi connectivity index (χ1n) is 3.62. The summed E-state index contributed by atoms with van der Waals surface area (Å²) in [7, 11) is 0. The van der Waals surface area contributed by atoms with Crippen molar-refractivity contribution >= 4 is 11.6 Å². The van der Waals surface area contributed by atoms with Crippen LogP contribution in [0.2, 0.25) is 0 Å². The van der Waals surface area contributed by atoms with E-state index >= 15 is 0 Å². The summed E-state index contributed by atoms with van der Waals surface area (Å²) in [6.45, 7) is 0. The van der Waals surface area contributed by atoms with Gasteiger partial charge < -0.3 is 5.11 Å². The Morgan fingerprint density at radius 3 is 3.15 bits per heavy atom. The summed E-state index contributed by atoms with van der Waals surface area (Å²) in [6.07, 6.45) is 2.91. The van der Waals surface area contributed by atoms with Gasteiger partial charge in [-0.25, -0.2) is 4.98 Å². The molecule has 0 bridgehead atoms. The lowest BCUT2D eigenvalue weighted by atomic mass is 10.3. The van der Waals surface area contributed by atoms with Crippen molar-refractivity contribution in [2.24, 2.45) is 0 Å². The molecule has 0 aliphatic heterocycles. The molecule has 0 amide bonds. The van der Waals surface area contributed by atoms with E-state index in [9.17, 15) is 4.79 Å². The van der Waals surface area contributed by atoms with Crippen LogP contribution in [0.4, 0.5) is 0 Å². The van der Waals surface area contributed by atoms with Crippen molar-refractivity contribution in [3.8, 4) is 0 Å². The first kappa shape index (κ1) is 7.66.